The first kappa shape index (κ1) is 22.6. The van der Waals surface area contributed by atoms with Crippen molar-refractivity contribution in [3.63, 3.8) is 0 Å². The first-order valence-electron chi connectivity index (χ1n) is 10.9. The molecule has 0 radical (unpaired) electrons. The molecule has 2 aromatic carbocycles. The molecule has 8 nitrogen and oxygen atoms in total. The Kier molecular flexibility index (Phi) is 7.09. The highest BCUT2D eigenvalue weighted by molar-refractivity contribution is 5.94. The minimum absolute atomic E-state index is 0.0325. The van der Waals surface area contributed by atoms with E-state index in [4.69, 9.17) is 9.26 Å². The number of carbonyl (C=O) groups excluding carboxylic acids is 2. The second-order valence-corrected chi connectivity index (χ2v) is 7.86. The van der Waals surface area contributed by atoms with Crippen LogP contribution < -0.4 is 5.32 Å². The van der Waals surface area contributed by atoms with Gasteiger partial charge in [-0.2, -0.15) is 4.98 Å². The van der Waals surface area contributed by atoms with E-state index >= 15 is 0 Å². The molecule has 1 amide bonds. The van der Waals surface area contributed by atoms with E-state index in [1.54, 1.807) is 43.3 Å². The van der Waals surface area contributed by atoms with Crippen LogP contribution in [-0.4, -0.2) is 46.6 Å². The van der Waals surface area contributed by atoms with Gasteiger partial charge < -0.3 is 14.6 Å². The van der Waals surface area contributed by atoms with Gasteiger partial charge in [0.25, 0.3) is 0 Å². The molecule has 0 bridgehead atoms. The average molecular weight is 452 g/mol. The number of amides is 1. The van der Waals surface area contributed by atoms with Crippen LogP contribution in [0.25, 0.3) is 11.4 Å². The normalized spacial score (nSPS) is 14.7. The molecule has 1 saturated heterocycles. The van der Waals surface area contributed by atoms with E-state index in [0.29, 0.717) is 54.5 Å². The van der Waals surface area contributed by atoms with Gasteiger partial charge in [0, 0.05) is 17.2 Å². The summed E-state index contributed by atoms with van der Waals surface area (Å²) in [4.78, 5) is 30.9. The number of carbonyl (C=O) groups is 2. The minimum Gasteiger partial charge on any atom is -0.462 e. The van der Waals surface area contributed by atoms with Gasteiger partial charge in [0.2, 0.25) is 17.6 Å². The predicted molar refractivity (Wildman–Crippen MR) is 119 cm³/mol. The van der Waals surface area contributed by atoms with Crippen LogP contribution in [-0.2, 0) is 16.1 Å². The van der Waals surface area contributed by atoms with Crippen molar-refractivity contribution in [3.8, 4) is 11.4 Å². The molecule has 1 aromatic heterocycles. The highest BCUT2D eigenvalue weighted by Gasteiger charge is 2.26. The molecule has 1 N–H and O–H groups in total. The first-order chi connectivity index (χ1) is 16.0. The van der Waals surface area contributed by atoms with Gasteiger partial charge in [-0.25, -0.2) is 9.18 Å². The van der Waals surface area contributed by atoms with E-state index in [1.165, 1.54) is 12.1 Å². The summed E-state index contributed by atoms with van der Waals surface area (Å²) in [6.07, 6.45) is 1.43. The number of piperidine rings is 1. The third kappa shape index (κ3) is 5.81. The maximum atomic E-state index is 13.1. The van der Waals surface area contributed by atoms with Crippen molar-refractivity contribution < 1.29 is 23.2 Å². The SMILES string of the molecule is CCOC(=O)c1ccc(NC(=O)C2CCN(Cc3nc(-c4ccc(F)cc4)no3)CC2)cc1. The highest BCUT2D eigenvalue weighted by Crippen LogP contribution is 2.22. The van der Waals surface area contributed by atoms with Crippen molar-refractivity contribution in [1.29, 1.82) is 0 Å². The summed E-state index contributed by atoms with van der Waals surface area (Å²) in [5.74, 6) is 0.0855. The zero-order valence-corrected chi connectivity index (χ0v) is 18.3. The number of esters is 1. The largest absolute Gasteiger partial charge is 0.462 e. The number of likely N-dealkylation sites (tertiary alicyclic amines) is 1. The molecule has 33 heavy (non-hydrogen) atoms. The van der Waals surface area contributed by atoms with Gasteiger partial charge >= 0.3 is 5.97 Å². The van der Waals surface area contributed by atoms with Crippen LogP contribution in [0.2, 0.25) is 0 Å². The summed E-state index contributed by atoms with van der Waals surface area (Å²) in [5.41, 5.74) is 1.79. The molecule has 0 atom stereocenters. The molecule has 1 fully saturated rings. The van der Waals surface area contributed by atoms with Crippen molar-refractivity contribution in [2.75, 3.05) is 25.0 Å². The van der Waals surface area contributed by atoms with Crippen LogP contribution in [0.15, 0.2) is 53.1 Å². The number of benzene rings is 2. The Bertz CT molecular complexity index is 1090. The molecular formula is C24H25FN4O4. The molecular weight excluding hydrogens is 427 g/mol. The lowest BCUT2D eigenvalue weighted by atomic mass is 9.96. The van der Waals surface area contributed by atoms with Gasteiger partial charge in [0.15, 0.2) is 0 Å². The van der Waals surface area contributed by atoms with Gasteiger partial charge in [-0.05, 0) is 81.4 Å². The van der Waals surface area contributed by atoms with Crippen molar-refractivity contribution >= 4 is 17.6 Å². The molecule has 2 heterocycles. The van der Waals surface area contributed by atoms with Crippen LogP contribution >= 0.6 is 0 Å². The Labute approximate surface area is 190 Å². The molecule has 1 aliphatic rings. The van der Waals surface area contributed by atoms with E-state index in [-0.39, 0.29) is 23.6 Å². The Morgan fingerprint density at radius 3 is 2.48 bits per heavy atom. The van der Waals surface area contributed by atoms with Crippen molar-refractivity contribution in [1.82, 2.24) is 15.0 Å². The third-order valence-corrected chi connectivity index (χ3v) is 5.55. The van der Waals surface area contributed by atoms with Crippen molar-refractivity contribution in [2.24, 2.45) is 5.92 Å². The number of rotatable bonds is 7. The van der Waals surface area contributed by atoms with Crippen LogP contribution in [0, 0.1) is 11.7 Å². The number of hydrogen-bond donors (Lipinski definition) is 1. The molecule has 172 valence electrons. The fourth-order valence-corrected chi connectivity index (χ4v) is 3.73. The van der Waals surface area contributed by atoms with E-state index < -0.39 is 0 Å². The highest BCUT2D eigenvalue weighted by atomic mass is 19.1. The number of halogens is 1. The third-order valence-electron chi connectivity index (χ3n) is 5.55. The molecule has 1 aliphatic heterocycles. The average Bonchev–Trinajstić information content (AvgIpc) is 3.29. The Hall–Kier alpha value is -3.59. The number of ether oxygens (including phenoxy) is 1. The predicted octanol–water partition coefficient (Wildman–Crippen LogP) is 3.90. The molecule has 3 aromatic rings. The lowest BCUT2D eigenvalue weighted by Gasteiger charge is -2.30. The molecule has 0 saturated carbocycles. The summed E-state index contributed by atoms with van der Waals surface area (Å²) < 4.78 is 23.4. The second kappa shape index (κ2) is 10.4. The zero-order valence-electron chi connectivity index (χ0n) is 18.3. The van der Waals surface area contributed by atoms with Crippen LogP contribution in [0.3, 0.4) is 0 Å². The standard InChI is InChI=1S/C24H25FN4O4/c1-2-32-24(31)18-5-9-20(10-6-18)26-23(30)17-11-13-29(14-12-17)15-21-27-22(28-33-21)16-3-7-19(25)8-4-16/h3-10,17H,2,11-15H2,1H3,(H,26,30). The van der Waals surface area contributed by atoms with Gasteiger partial charge in [-0.1, -0.05) is 5.16 Å². The summed E-state index contributed by atoms with van der Waals surface area (Å²) >= 11 is 0. The molecule has 4 rings (SSSR count). The van der Waals surface area contributed by atoms with Gasteiger partial charge in [0.05, 0.1) is 18.7 Å². The molecule has 0 unspecified atom stereocenters. The summed E-state index contributed by atoms with van der Waals surface area (Å²) in [6, 6.07) is 12.6. The Morgan fingerprint density at radius 1 is 1.12 bits per heavy atom. The van der Waals surface area contributed by atoms with Crippen LogP contribution in [0.4, 0.5) is 10.1 Å². The topological polar surface area (TPSA) is 97.6 Å². The van der Waals surface area contributed by atoms with Crippen LogP contribution in [0.5, 0.6) is 0 Å². The number of hydrogen-bond acceptors (Lipinski definition) is 7. The van der Waals surface area contributed by atoms with Gasteiger partial charge in [0.1, 0.15) is 5.82 Å². The summed E-state index contributed by atoms with van der Waals surface area (Å²) in [6.45, 7) is 4.03. The monoisotopic (exact) mass is 452 g/mol. The minimum atomic E-state index is -0.381. The van der Waals surface area contributed by atoms with Crippen molar-refractivity contribution in [2.45, 2.75) is 26.3 Å². The zero-order chi connectivity index (χ0) is 23.2. The molecule has 0 spiro atoms. The van der Waals surface area contributed by atoms with E-state index in [1.807, 2.05) is 0 Å². The number of anilines is 1. The number of nitrogens with one attached hydrogen (secondary N) is 1. The van der Waals surface area contributed by atoms with Gasteiger partial charge in [-0.3, -0.25) is 9.69 Å². The Balaban J connectivity index is 1.25. The maximum absolute atomic E-state index is 13.1. The molecule has 9 heteroatoms. The lowest BCUT2D eigenvalue weighted by Crippen LogP contribution is -2.37. The van der Waals surface area contributed by atoms with Gasteiger partial charge in [-0.15, -0.1) is 0 Å². The fourth-order valence-electron chi connectivity index (χ4n) is 3.73. The first-order valence-corrected chi connectivity index (χ1v) is 10.9. The van der Waals surface area contributed by atoms with E-state index in [0.717, 1.165) is 13.1 Å². The fraction of sp³-hybridized carbons (Fsp3) is 0.333. The van der Waals surface area contributed by atoms with Crippen LogP contribution in [0.1, 0.15) is 36.0 Å². The maximum Gasteiger partial charge on any atom is 0.338 e. The van der Waals surface area contributed by atoms with Crippen molar-refractivity contribution in [3.05, 3.63) is 65.8 Å². The van der Waals surface area contributed by atoms with E-state index in [2.05, 4.69) is 20.4 Å². The summed E-state index contributed by atoms with van der Waals surface area (Å²) in [5, 5.41) is 6.89. The second-order valence-electron chi connectivity index (χ2n) is 7.86. The smallest absolute Gasteiger partial charge is 0.338 e. The number of aromatic nitrogens is 2. The summed E-state index contributed by atoms with van der Waals surface area (Å²) in [7, 11) is 0. The lowest BCUT2D eigenvalue weighted by molar-refractivity contribution is -0.121. The number of nitrogens with zero attached hydrogens (tertiary/aromatic N) is 3. The van der Waals surface area contributed by atoms with E-state index in [9.17, 15) is 14.0 Å². The Morgan fingerprint density at radius 2 is 1.82 bits per heavy atom. The molecule has 0 aliphatic carbocycles. The quantitative estimate of drug-likeness (QED) is 0.543.